The summed E-state index contributed by atoms with van der Waals surface area (Å²) in [6.45, 7) is 0.805. The van der Waals surface area contributed by atoms with Crippen LogP contribution < -0.4 is 4.74 Å². The van der Waals surface area contributed by atoms with Crippen molar-refractivity contribution in [2.45, 2.75) is 23.7 Å². The highest BCUT2D eigenvalue weighted by Crippen LogP contribution is 2.54. The number of hydrogen-bond acceptors (Lipinski definition) is 2. The van der Waals surface area contributed by atoms with E-state index in [-0.39, 0.29) is 5.92 Å². The van der Waals surface area contributed by atoms with E-state index >= 15 is 0 Å². The maximum Gasteiger partial charge on any atom is 0.123 e. The number of rotatable bonds is 5. The van der Waals surface area contributed by atoms with Crippen molar-refractivity contribution in [3.8, 4) is 5.75 Å². The quantitative estimate of drug-likeness (QED) is 0.609. The highest BCUT2D eigenvalue weighted by atomic mass is 35.5. The minimum absolute atomic E-state index is 0.285. The SMILES string of the molecule is COc1ccc(Cc2nc3ccccc3n2C[C@H]2CC2(Cl)Cl)cc1. The lowest BCUT2D eigenvalue weighted by Gasteiger charge is -2.10. The molecular formula is C19H18Cl2N2O. The fourth-order valence-electron chi connectivity index (χ4n) is 3.08. The first-order valence-corrected chi connectivity index (χ1v) is 8.77. The molecule has 0 spiro atoms. The predicted molar refractivity (Wildman–Crippen MR) is 98.1 cm³/mol. The Balaban J connectivity index is 1.68. The van der Waals surface area contributed by atoms with Gasteiger partial charge in [-0.3, -0.25) is 0 Å². The van der Waals surface area contributed by atoms with Crippen molar-refractivity contribution in [3.63, 3.8) is 0 Å². The number of fused-ring (bicyclic) bond motifs is 1. The number of para-hydroxylation sites is 2. The van der Waals surface area contributed by atoms with E-state index in [9.17, 15) is 0 Å². The Morgan fingerprint density at radius 1 is 1.17 bits per heavy atom. The van der Waals surface area contributed by atoms with Crippen LogP contribution in [-0.4, -0.2) is 21.0 Å². The van der Waals surface area contributed by atoms with Crippen molar-refractivity contribution in [2.75, 3.05) is 7.11 Å². The number of methoxy groups -OCH3 is 1. The van der Waals surface area contributed by atoms with Crippen LogP contribution in [0.2, 0.25) is 0 Å². The summed E-state index contributed by atoms with van der Waals surface area (Å²) in [5, 5.41) is 0. The molecule has 0 unspecified atom stereocenters. The Morgan fingerprint density at radius 2 is 1.88 bits per heavy atom. The minimum atomic E-state index is -0.581. The van der Waals surface area contributed by atoms with Crippen LogP contribution in [0.5, 0.6) is 5.75 Å². The summed E-state index contributed by atoms with van der Waals surface area (Å²) in [6, 6.07) is 16.3. The second kappa shape index (κ2) is 5.98. The van der Waals surface area contributed by atoms with Gasteiger partial charge < -0.3 is 9.30 Å². The van der Waals surface area contributed by atoms with Gasteiger partial charge in [-0.25, -0.2) is 4.98 Å². The molecule has 3 nitrogen and oxygen atoms in total. The molecule has 0 amide bonds. The van der Waals surface area contributed by atoms with Gasteiger partial charge >= 0.3 is 0 Å². The summed E-state index contributed by atoms with van der Waals surface area (Å²) in [7, 11) is 1.68. The van der Waals surface area contributed by atoms with Crippen LogP contribution in [0.1, 0.15) is 17.8 Å². The molecule has 0 saturated heterocycles. The second-order valence-corrected chi connectivity index (χ2v) is 7.86. The van der Waals surface area contributed by atoms with Gasteiger partial charge in [-0.05, 0) is 36.2 Å². The van der Waals surface area contributed by atoms with Crippen molar-refractivity contribution < 1.29 is 4.74 Å². The molecule has 3 aromatic rings. The van der Waals surface area contributed by atoms with Crippen LogP contribution in [-0.2, 0) is 13.0 Å². The molecule has 1 saturated carbocycles. The first-order valence-electron chi connectivity index (χ1n) is 8.02. The van der Waals surface area contributed by atoms with E-state index in [0.717, 1.165) is 42.0 Å². The molecule has 1 heterocycles. The van der Waals surface area contributed by atoms with Gasteiger partial charge in [0.2, 0.25) is 0 Å². The maximum atomic E-state index is 6.24. The lowest BCUT2D eigenvalue weighted by atomic mass is 10.1. The molecule has 24 heavy (non-hydrogen) atoms. The molecule has 5 heteroatoms. The molecule has 1 fully saturated rings. The second-order valence-electron chi connectivity index (χ2n) is 6.31. The number of hydrogen-bond donors (Lipinski definition) is 0. The predicted octanol–water partition coefficient (Wildman–Crippen LogP) is 4.83. The summed E-state index contributed by atoms with van der Waals surface area (Å²) < 4.78 is 6.90. The number of benzene rings is 2. The van der Waals surface area contributed by atoms with Gasteiger partial charge in [0.1, 0.15) is 15.9 Å². The van der Waals surface area contributed by atoms with E-state index in [4.69, 9.17) is 32.9 Å². The zero-order chi connectivity index (χ0) is 16.7. The number of imidazole rings is 1. The monoisotopic (exact) mass is 360 g/mol. The number of nitrogens with zero attached hydrogens (tertiary/aromatic N) is 2. The maximum absolute atomic E-state index is 6.24. The lowest BCUT2D eigenvalue weighted by molar-refractivity contribution is 0.414. The largest absolute Gasteiger partial charge is 0.497 e. The van der Waals surface area contributed by atoms with Gasteiger partial charge in [0, 0.05) is 18.9 Å². The summed E-state index contributed by atoms with van der Waals surface area (Å²) in [5.74, 6) is 2.18. The molecule has 124 valence electrons. The molecule has 1 aliphatic rings. The first kappa shape index (κ1) is 15.8. The fraction of sp³-hybridized carbons (Fsp3) is 0.316. The van der Waals surface area contributed by atoms with Gasteiger partial charge in [0.25, 0.3) is 0 Å². The Hall–Kier alpha value is -1.71. The zero-order valence-corrected chi connectivity index (χ0v) is 14.9. The van der Waals surface area contributed by atoms with Gasteiger partial charge in [-0.1, -0.05) is 24.3 Å². The molecule has 1 atom stereocenters. The molecule has 0 bridgehead atoms. The molecule has 0 aliphatic heterocycles. The van der Waals surface area contributed by atoms with Gasteiger partial charge in [-0.2, -0.15) is 0 Å². The Morgan fingerprint density at radius 3 is 2.54 bits per heavy atom. The number of ether oxygens (including phenoxy) is 1. The Kier molecular flexibility index (Phi) is 3.93. The van der Waals surface area contributed by atoms with E-state index in [1.807, 2.05) is 30.3 Å². The highest BCUT2D eigenvalue weighted by molar-refractivity contribution is 6.50. The summed E-state index contributed by atoms with van der Waals surface area (Å²) in [6.07, 6.45) is 1.60. The number of halogens is 2. The van der Waals surface area contributed by atoms with Crippen LogP contribution in [0.25, 0.3) is 11.0 Å². The van der Waals surface area contributed by atoms with Gasteiger partial charge in [-0.15, -0.1) is 23.2 Å². The molecule has 0 radical (unpaired) electrons. The Bertz CT molecular complexity index is 871. The average Bonchev–Trinajstić information content (AvgIpc) is 3.04. The van der Waals surface area contributed by atoms with E-state index in [0.29, 0.717) is 0 Å². The van der Waals surface area contributed by atoms with Crippen LogP contribution in [0.15, 0.2) is 48.5 Å². The highest BCUT2D eigenvalue weighted by Gasteiger charge is 2.51. The molecule has 0 N–H and O–H groups in total. The van der Waals surface area contributed by atoms with Crippen LogP contribution in [0, 0.1) is 5.92 Å². The summed E-state index contributed by atoms with van der Waals surface area (Å²) >= 11 is 12.5. The van der Waals surface area contributed by atoms with Crippen molar-refractivity contribution in [1.82, 2.24) is 9.55 Å². The van der Waals surface area contributed by atoms with Gasteiger partial charge in [0.15, 0.2) is 0 Å². The molecule has 2 aromatic carbocycles. The zero-order valence-electron chi connectivity index (χ0n) is 13.4. The third kappa shape index (κ3) is 2.99. The summed E-state index contributed by atoms with van der Waals surface area (Å²) in [5.41, 5.74) is 3.35. The minimum Gasteiger partial charge on any atom is -0.497 e. The first-order chi connectivity index (χ1) is 11.6. The topological polar surface area (TPSA) is 27.1 Å². The van der Waals surface area contributed by atoms with Crippen LogP contribution in [0.3, 0.4) is 0 Å². The van der Waals surface area contributed by atoms with Crippen molar-refractivity contribution >= 4 is 34.2 Å². The fourth-order valence-corrected chi connectivity index (χ4v) is 3.59. The number of alkyl halides is 2. The van der Waals surface area contributed by atoms with Crippen molar-refractivity contribution in [1.29, 1.82) is 0 Å². The molecule has 4 rings (SSSR count). The normalized spacial score (nSPS) is 18.7. The van der Waals surface area contributed by atoms with Crippen LogP contribution in [0.4, 0.5) is 0 Å². The summed E-state index contributed by atoms with van der Waals surface area (Å²) in [4.78, 5) is 4.82. The molecule has 1 aromatic heterocycles. The van der Waals surface area contributed by atoms with E-state index in [2.05, 4.69) is 22.8 Å². The van der Waals surface area contributed by atoms with Crippen molar-refractivity contribution in [2.24, 2.45) is 5.92 Å². The van der Waals surface area contributed by atoms with Crippen molar-refractivity contribution in [3.05, 3.63) is 59.9 Å². The smallest absolute Gasteiger partial charge is 0.123 e. The third-order valence-electron chi connectivity index (χ3n) is 4.61. The van der Waals surface area contributed by atoms with Crippen LogP contribution >= 0.6 is 23.2 Å². The average molecular weight is 361 g/mol. The third-order valence-corrected chi connectivity index (χ3v) is 5.54. The van der Waals surface area contributed by atoms with E-state index < -0.39 is 4.33 Å². The standard InChI is InChI=1S/C19H18Cl2N2O/c1-24-15-8-6-13(7-9-15)10-18-22-16-4-2-3-5-17(16)23(18)12-14-11-19(14,20)21/h2-9,14H,10-12H2,1H3/t14-/m1/s1. The number of aromatic nitrogens is 2. The van der Waals surface area contributed by atoms with E-state index in [1.165, 1.54) is 5.56 Å². The molecular weight excluding hydrogens is 343 g/mol. The molecule has 1 aliphatic carbocycles. The Labute approximate surface area is 151 Å². The lowest BCUT2D eigenvalue weighted by Crippen LogP contribution is -2.08. The van der Waals surface area contributed by atoms with E-state index in [1.54, 1.807) is 7.11 Å². The van der Waals surface area contributed by atoms with Gasteiger partial charge in [0.05, 0.1) is 18.1 Å².